The van der Waals surface area contributed by atoms with Crippen LogP contribution in [-0.4, -0.2) is 26.1 Å². The van der Waals surface area contributed by atoms with Crippen LogP contribution >= 0.6 is 0 Å². The Kier molecular flexibility index (Phi) is 5.59. The summed E-state index contributed by atoms with van der Waals surface area (Å²) in [7, 11) is -3.43. The van der Waals surface area contributed by atoms with Crippen molar-refractivity contribution in [2.24, 2.45) is 0 Å². The summed E-state index contributed by atoms with van der Waals surface area (Å²) >= 11 is 0. The van der Waals surface area contributed by atoms with Gasteiger partial charge in [0.25, 0.3) is 0 Å². The lowest BCUT2D eigenvalue weighted by Crippen LogP contribution is -2.38. The fourth-order valence-electron chi connectivity index (χ4n) is 3.64. The average Bonchev–Trinajstić information content (AvgIpc) is 3.34. The van der Waals surface area contributed by atoms with Gasteiger partial charge in [0.1, 0.15) is 5.75 Å². The van der Waals surface area contributed by atoms with Crippen molar-refractivity contribution in [3.05, 3.63) is 35.4 Å². The number of hydrogen-bond donors (Lipinski definition) is 1. The lowest BCUT2D eigenvalue weighted by Gasteiger charge is -2.16. The van der Waals surface area contributed by atoms with Crippen LogP contribution in [0.2, 0.25) is 0 Å². The molecule has 2 aliphatic rings. The van der Waals surface area contributed by atoms with E-state index in [0.717, 1.165) is 49.7 Å². The topological polar surface area (TPSA) is 63.2 Å². The highest BCUT2D eigenvalue weighted by atomic mass is 32.2. The molecular weight excluding hydrogens is 322 g/mol. The number of carbonyl (C=O) groups excluding carboxylic acids is 1. The van der Waals surface area contributed by atoms with Gasteiger partial charge in [-0.2, -0.15) is 0 Å². The molecule has 1 aromatic carbocycles. The van der Waals surface area contributed by atoms with E-state index in [-0.39, 0.29) is 17.7 Å². The number of hydrogen-bond acceptors (Lipinski definition) is 3. The molecule has 3 rings (SSSR count). The summed E-state index contributed by atoms with van der Waals surface area (Å²) in [6, 6.07) is 7.89. The largest absolute Gasteiger partial charge is 0.352 e. The van der Waals surface area contributed by atoms with Gasteiger partial charge >= 0.3 is 0 Å². The summed E-state index contributed by atoms with van der Waals surface area (Å²) in [5, 5.41) is 2.93. The number of amides is 1. The van der Waals surface area contributed by atoms with Crippen LogP contribution < -0.4 is 5.32 Å². The van der Waals surface area contributed by atoms with Gasteiger partial charge in [-0.05, 0) is 42.7 Å². The van der Waals surface area contributed by atoms with Crippen LogP contribution in [0.25, 0.3) is 0 Å². The maximum atomic E-state index is 12.5. The van der Waals surface area contributed by atoms with Gasteiger partial charge < -0.3 is 5.32 Å². The second kappa shape index (κ2) is 7.68. The molecule has 0 saturated heterocycles. The van der Waals surface area contributed by atoms with Gasteiger partial charge in [0, 0.05) is 6.04 Å². The second-order valence-electron chi connectivity index (χ2n) is 7.26. The molecule has 2 fully saturated rings. The summed E-state index contributed by atoms with van der Waals surface area (Å²) in [6.07, 6.45) is 8.87. The molecule has 0 aliphatic heterocycles. The number of sulfone groups is 1. The van der Waals surface area contributed by atoms with E-state index >= 15 is 0 Å². The van der Waals surface area contributed by atoms with E-state index < -0.39 is 15.6 Å². The van der Waals surface area contributed by atoms with Crippen LogP contribution in [0.3, 0.4) is 0 Å². The Labute approximate surface area is 145 Å². The number of rotatable bonds is 6. The van der Waals surface area contributed by atoms with Crippen LogP contribution in [0.1, 0.15) is 68.4 Å². The zero-order valence-corrected chi connectivity index (χ0v) is 15.0. The van der Waals surface area contributed by atoms with E-state index in [9.17, 15) is 13.2 Å². The zero-order chi connectivity index (χ0) is 17.0. The van der Waals surface area contributed by atoms with Gasteiger partial charge in [0.15, 0.2) is 9.84 Å². The van der Waals surface area contributed by atoms with Crippen molar-refractivity contribution in [3.8, 4) is 0 Å². The predicted octanol–water partition coefficient (Wildman–Crippen LogP) is 3.32. The Morgan fingerprint density at radius 1 is 1.00 bits per heavy atom. The first-order valence-electron chi connectivity index (χ1n) is 9.11. The standard InChI is InChI=1S/C19H27NO3S/c21-19(20-17-8-3-1-2-4-9-17)14-24(22,23)13-16-7-5-6-10-18(16)15-11-12-15/h5-7,10,15,17H,1-4,8-9,11-14H2,(H,20,21). The molecule has 24 heavy (non-hydrogen) atoms. The summed E-state index contributed by atoms with van der Waals surface area (Å²) in [4.78, 5) is 12.2. The Balaban J connectivity index is 1.58. The Morgan fingerprint density at radius 2 is 1.67 bits per heavy atom. The Morgan fingerprint density at radius 3 is 2.33 bits per heavy atom. The Hall–Kier alpha value is -1.36. The number of carbonyl (C=O) groups is 1. The van der Waals surface area contributed by atoms with Crippen molar-refractivity contribution < 1.29 is 13.2 Å². The molecule has 0 aromatic heterocycles. The van der Waals surface area contributed by atoms with Gasteiger partial charge in [0.05, 0.1) is 5.75 Å². The van der Waals surface area contributed by atoms with Crippen LogP contribution in [0.5, 0.6) is 0 Å². The molecule has 1 N–H and O–H groups in total. The smallest absolute Gasteiger partial charge is 0.235 e. The van der Waals surface area contributed by atoms with Gasteiger partial charge in [-0.1, -0.05) is 49.9 Å². The van der Waals surface area contributed by atoms with Crippen molar-refractivity contribution in [1.82, 2.24) is 5.32 Å². The van der Waals surface area contributed by atoms with Crippen molar-refractivity contribution in [1.29, 1.82) is 0 Å². The summed E-state index contributed by atoms with van der Waals surface area (Å²) in [5.41, 5.74) is 2.01. The minimum atomic E-state index is -3.43. The highest BCUT2D eigenvalue weighted by Crippen LogP contribution is 2.41. The average molecular weight is 349 g/mol. The molecular formula is C19H27NO3S. The van der Waals surface area contributed by atoms with Gasteiger partial charge in [-0.25, -0.2) is 8.42 Å². The summed E-state index contributed by atoms with van der Waals surface area (Å²) < 4.78 is 24.9. The maximum absolute atomic E-state index is 12.5. The van der Waals surface area contributed by atoms with Crippen molar-refractivity contribution in [2.75, 3.05) is 5.75 Å². The second-order valence-corrected chi connectivity index (χ2v) is 9.33. The first-order chi connectivity index (χ1) is 11.5. The first-order valence-corrected chi connectivity index (χ1v) is 10.9. The number of nitrogens with one attached hydrogen (secondary N) is 1. The molecule has 1 amide bonds. The van der Waals surface area contributed by atoms with E-state index in [0.29, 0.717) is 5.92 Å². The van der Waals surface area contributed by atoms with Gasteiger partial charge in [0.2, 0.25) is 5.91 Å². The summed E-state index contributed by atoms with van der Waals surface area (Å²) in [6.45, 7) is 0. The first kappa shape index (κ1) is 17.5. The van der Waals surface area contributed by atoms with E-state index in [1.807, 2.05) is 24.3 Å². The van der Waals surface area contributed by atoms with E-state index in [2.05, 4.69) is 5.32 Å². The molecule has 5 heteroatoms. The molecule has 1 aromatic rings. The SMILES string of the molecule is O=C(CS(=O)(=O)Cc1ccccc1C1CC1)NC1CCCCCC1. The summed E-state index contributed by atoms with van der Waals surface area (Å²) in [5.74, 6) is -0.262. The third-order valence-corrected chi connectivity index (χ3v) is 6.47. The molecule has 2 aliphatic carbocycles. The molecule has 0 heterocycles. The monoisotopic (exact) mass is 349 g/mol. The highest BCUT2D eigenvalue weighted by Gasteiger charge is 2.28. The van der Waals surface area contributed by atoms with Crippen LogP contribution in [-0.2, 0) is 20.4 Å². The molecule has 0 unspecified atom stereocenters. The fraction of sp³-hybridized carbons (Fsp3) is 0.632. The van der Waals surface area contributed by atoms with Gasteiger partial charge in [-0.3, -0.25) is 4.79 Å². The third-order valence-electron chi connectivity index (χ3n) is 5.02. The van der Waals surface area contributed by atoms with E-state index in [1.165, 1.54) is 12.8 Å². The minimum absolute atomic E-state index is 0.0300. The molecule has 0 bridgehead atoms. The van der Waals surface area contributed by atoms with Crippen LogP contribution in [0.15, 0.2) is 24.3 Å². The lowest BCUT2D eigenvalue weighted by atomic mass is 10.1. The van der Waals surface area contributed by atoms with E-state index in [4.69, 9.17) is 0 Å². The fourth-order valence-corrected chi connectivity index (χ4v) is 4.96. The molecule has 2 saturated carbocycles. The van der Waals surface area contributed by atoms with Crippen molar-refractivity contribution >= 4 is 15.7 Å². The van der Waals surface area contributed by atoms with Crippen molar-refractivity contribution in [2.45, 2.75) is 69.1 Å². The Bertz CT molecular complexity index is 672. The highest BCUT2D eigenvalue weighted by molar-refractivity contribution is 7.91. The molecule has 4 nitrogen and oxygen atoms in total. The zero-order valence-electron chi connectivity index (χ0n) is 14.2. The molecule has 0 radical (unpaired) electrons. The molecule has 0 spiro atoms. The normalized spacial score (nSPS) is 19.7. The van der Waals surface area contributed by atoms with Crippen LogP contribution in [0.4, 0.5) is 0 Å². The van der Waals surface area contributed by atoms with Gasteiger partial charge in [-0.15, -0.1) is 0 Å². The van der Waals surface area contributed by atoms with E-state index in [1.54, 1.807) is 0 Å². The lowest BCUT2D eigenvalue weighted by molar-refractivity contribution is -0.119. The minimum Gasteiger partial charge on any atom is -0.352 e. The molecule has 0 atom stereocenters. The quantitative estimate of drug-likeness (QED) is 0.801. The maximum Gasteiger partial charge on any atom is 0.235 e. The van der Waals surface area contributed by atoms with Crippen molar-refractivity contribution in [3.63, 3.8) is 0 Å². The molecule has 132 valence electrons. The third kappa shape index (κ3) is 5.07. The van der Waals surface area contributed by atoms with Crippen LogP contribution in [0, 0.1) is 0 Å². The predicted molar refractivity (Wildman–Crippen MR) is 95.5 cm³/mol. The number of benzene rings is 1.